The molecule has 0 heterocycles. The van der Waals surface area contributed by atoms with Crippen LogP contribution in [0, 0.1) is 16.7 Å². The van der Waals surface area contributed by atoms with Crippen LogP contribution in [0.3, 0.4) is 0 Å². The molecule has 1 aliphatic rings. The quantitative estimate of drug-likeness (QED) is 0.558. The van der Waals surface area contributed by atoms with Crippen molar-refractivity contribution in [2.24, 2.45) is 5.41 Å². The number of nitriles is 1. The summed E-state index contributed by atoms with van der Waals surface area (Å²) in [6, 6.07) is 2.00. The summed E-state index contributed by atoms with van der Waals surface area (Å²) in [5.41, 5.74) is -1.65. The van der Waals surface area contributed by atoms with Gasteiger partial charge < -0.3 is 4.74 Å². The second kappa shape index (κ2) is 4.87. The molecule has 0 bridgehead atoms. The SMILES string of the molecule is CC(C)(C)OC(=O)[C@]1(CCC#N)CCCC1=O. The van der Waals surface area contributed by atoms with Crippen LogP contribution in [0.15, 0.2) is 0 Å². The van der Waals surface area contributed by atoms with E-state index in [2.05, 4.69) is 0 Å². The highest BCUT2D eigenvalue weighted by atomic mass is 16.6. The average molecular weight is 237 g/mol. The average Bonchev–Trinajstić information content (AvgIpc) is 2.55. The number of ether oxygens (including phenoxy) is 1. The number of ketones is 1. The molecule has 0 aromatic carbocycles. The first-order chi connectivity index (χ1) is 7.82. The van der Waals surface area contributed by atoms with Crippen molar-refractivity contribution in [3.05, 3.63) is 0 Å². The van der Waals surface area contributed by atoms with Gasteiger partial charge in [-0.15, -0.1) is 0 Å². The number of hydrogen-bond donors (Lipinski definition) is 0. The molecule has 0 unspecified atom stereocenters. The van der Waals surface area contributed by atoms with E-state index in [1.165, 1.54) is 0 Å². The maximum absolute atomic E-state index is 12.1. The summed E-state index contributed by atoms with van der Waals surface area (Å²) in [6.07, 6.45) is 2.15. The maximum atomic E-state index is 12.1. The molecule has 0 amide bonds. The van der Waals surface area contributed by atoms with Crippen molar-refractivity contribution < 1.29 is 14.3 Å². The van der Waals surface area contributed by atoms with Gasteiger partial charge in [0.05, 0.1) is 6.07 Å². The molecule has 1 rings (SSSR count). The molecule has 1 fully saturated rings. The summed E-state index contributed by atoms with van der Waals surface area (Å²) in [5.74, 6) is -0.523. The second-order valence-electron chi connectivity index (χ2n) is 5.52. The molecule has 0 radical (unpaired) electrons. The normalized spacial score (nSPS) is 24.5. The van der Waals surface area contributed by atoms with Gasteiger partial charge in [0.25, 0.3) is 0 Å². The molecule has 1 aliphatic carbocycles. The van der Waals surface area contributed by atoms with Gasteiger partial charge in [-0.1, -0.05) is 0 Å². The van der Waals surface area contributed by atoms with Crippen LogP contribution in [-0.4, -0.2) is 17.4 Å². The molecule has 0 aromatic heterocycles. The Bertz CT molecular complexity index is 362. The molecule has 0 saturated heterocycles. The van der Waals surface area contributed by atoms with Crippen LogP contribution < -0.4 is 0 Å². The van der Waals surface area contributed by atoms with Gasteiger partial charge >= 0.3 is 5.97 Å². The van der Waals surface area contributed by atoms with E-state index in [9.17, 15) is 9.59 Å². The summed E-state index contributed by atoms with van der Waals surface area (Å²) in [4.78, 5) is 24.1. The third-order valence-electron chi connectivity index (χ3n) is 2.99. The number of hydrogen-bond acceptors (Lipinski definition) is 4. The van der Waals surface area contributed by atoms with Crippen molar-refractivity contribution in [3.8, 4) is 6.07 Å². The number of nitrogens with zero attached hydrogens (tertiary/aromatic N) is 1. The van der Waals surface area contributed by atoms with E-state index in [-0.39, 0.29) is 18.6 Å². The molecule has 17 heavy (non-hydrogen) atoms. The summed E-state index contributed by atoms with van der Waals surface area (Å²) in [5, 5.41) is 8.63. The predicted octanol–water partition coefficient (Wildman–Crippen LogP) is 2.37. The Morgan fingerprint density at radius 3 is 2.59 bits per heavy atom. The first-order valence-electron chi connectivity index (χ1n) is 5.95. The zero-order chi connectivity index (χ0) is 13.1. The van der Waals surface area contributed by atoms with Crippen LogP contribution in [0.1, 0.15) is 52.9 Å². The molecule has 4 nitrogen and oxygen atoms in total. The molecule has 1 atom stereocenters. The Morgan fingerprint density at radius 1 is 1.53 bits per heavy atom. The lowest BCUT2D eigenvalue weighted by atomic mass is 9.80. The number of esters is 1. The lowest BCUT2D eigenvalue weighted by Gasteiger charge is -2.29. The van der Waals surface area contributed by atoms with E-state index in [1.807, 2.05) is 6.07 Å². The van der Waals surface area contributed by atoms with Gasteiger partial charge in [-0.25, -0.2) is 0 Å². The lowest BCUT2D eigenvalue weighted by molar-refractivity contribution is -0.169. The molecular formula is C13H19NO3. The van der Waals surface area contributed by atoms with Gasteiger partial charge in [0.2, 0.25) is 0 Å². The molecule has 1 saturated carbocycles. The first-order valence-corrected chi connectivity index (χ1v) is 5.95. The van der Waals surface area contributed by atoms with Gasteiger partial charge in [-0.05, 0) is 40.0 Å². The number of carbonyl (C=O) groups excluding carboxylic acids is 2. The third kappa shape index (κ3) is 3.06. The highest BCUT2D eigenvalue weighted by Gasteiger charge is 2.50. The van der Waals surface area contributed by atoms with Crippen LogP contribution >= 0.6 is 0 Å². The Hall–Kier alpha value is -1.37. The summed E-state index contributed by atoms with van der Waals surface area (Å²) in [7, 11) is 0. The molecule has 0 N–H and O–H groups in total. The van der Waals surface area contributed by atoms with Crippen molar-refractivity contribution in [3.63, 3.8) is 0 Å². The fraction of sp³-hybridized carbons (Fsp3) is 0.769. The summed E-state index contributed by atoms with van der Waals surface area (Å²) in [6.45, 7) is 5.34. The van der Waals surface area contributed by atoms with Gasteiger partial charge in [0, 0.05) is 12.8 Å². The fourth-order valence-corrected chi connectivity index (χ4v) is 2.16. The Labute approximate surface area is 102 Å². The highest BCUT2D eigenvalue weighted by molar-refractivity contribution is 6.05. The van der Waals surface area contributed by atoms with E-state index < -0.39 is 17.0 Å². The Balaban J connectivity index is 2.88. The van der Waals surface area contributed by atoms with Crippen molar-refractivity contribution in [1.82, 2.24) is 0 Å². The van der Waals surface area contributed by atoms with E-state index in [1.54, 1.807) is 20.8 Å². The number of rotatable bonds is 3. The monoisotopic (exact) mass is 237 g/mol. The van der Waals surface area contributed by atoms with E-state index in [0.29, 0.717) is 19.3 Å². The standard InChI is InChI=1S/C13H19NO3/c1-12(2,3)17-11(16)13(8-5-9-14)7-4-6-10(13)15/h4-8H2,1-3H3/t13-/m0/s1. The summed E-state index contributed by atoms with van der Waals surface area (Å²) >= 11 is 0. The Morgan fingerprint density at radius 2 is 2.18 bits per heavy atom. The van der Waals surface area contributed by atoms with Crippen molar-refractivity contribution in [2.75, 3.05) is 0 Å². The highest BCUT2D eigenvalue weighted by Crippen LogP contribution is 2.41. The van der Waals surface area contributed by atoms with Gasteiger partial charge in [-0.2, -0.15) is 5.26 Å². The van der Waals surface area contributed by atoms with E-state index in [0.717, 1.165) is 0 Å². The molecule has 0 aromatic rings. The van der Waals surface area contributed by atoms with E-state index >= 15 is 0 Å². The zero-order valence-electron chi connectivity index (χ0n) is 10.7. The minimum absolute atomic E-state index is 0.0676. The predicted molar refractivity (Wildman–Crippen MR) is 62.0 cm³/mol. The minimum Gasteiger partial charge on any atom is -0.459 e. The minimum atomic E-state index is -1.05. The van der Waals surface area contributed by atoms with Crippen LogP contribution in [0.25, 0.3) is 0 Å². The van der Waals surface area contributed by atoms with Crippen molar-refractivity contribution in [2.45, 2.75) is 58.5 Å². The zero-order valence-corrected chi connectivity index (χ0v) is 10.7. The number of Topliss-reactive ketones (excluding diaryl/α,β-unsaturated/α-hetero) is 1. The van der Waals surface area contributed by atoms with Crippen LogP contribution in [-0.2, 0) is 14.3 Å². The van der Waals surface area contributed by atoms with Crippen LogP contribution in [0.4, 0.5) is 0 Å². The largest absolute Gasteiger partial charge is 0.459 e. The lowest BCUT2D eigenvalue weighted by Crippen LogP contribution is -2.40. The van der Waals surface area contributed by atoms with Gasteiger partial charge in [0.1, 0.15) is 16.8 Å². The van der Waals surface area contributed by atoms with Crippen LogP contribution in [0.5, 0.6) is 0 Å². The molecule has 94 valence electrons. The summed E-state index contributed by atoms with van der Waals surface area (Å²) < 4.78 is 5.32. The molecular weight excluding hydrogens is 218 g/mol. The van der Waals surface area contributed by atoms with Crippen molar-refractivity contribution >= 4 is 11.8 Å². The maximum Gasteiger partial charge on any atom is 0.320 e. The van der Waals surface area contributed by atoms with Crippen molar-refractivity contribution in [1.29, 1.82) is 5.26 Å². The topological polar surface area (TPSA) is 67.2 Å². The third-order valence-corrected chi connectivity index (χ3v) is 2.99. The van der Waals surface area contributed by atoms with Gasteiger partial charge in [-0.3, -0.25) is 9.59 Å². The fourth-order valence-electron chi connectivity index (χ4n) is 2.16. The Kier molecular flexibility index (Phi) is 3.92. The van der Waals surface area contributed by atoms with Crippen LogP contribution in [0.2, 0.25) is 0 Å². The second-order valence-corrected chi connectivity index (χ2v) is 5.52. The van der Waals surface area contributed by atoms with E-state index in [4.69, 9.17) is 10.00 Å². The smallest absolute Gasteiger partial charge is 0.320 e. The molecule has 0 spiro atoms. The molecule has 4 heteroatoms. The molecule has 0 aliphatic heterocycles. The first kappa shape index (κ1) is 13.7. The number of carbonyl (C=O) groups is 2. The van der Waals surface area contributed by atoms with Gasteiger partial charge in [0.15, 0.2) is 0 Å².